The number of ether oxygens (including phenoxy) is 1. The number of halogens is 2. The van der Waals surface area contributed by atoms with Crippen molar-refractivity contribution in [2.75, 3.05) is 0 Å². The lowest BCUT2D eigenvalue weighted by atomic mass is 10.1. The zero-order valence-corrected chi connectivity index (χ0v) is 10.6. The molecule has 8 heteroatoms. The summed E-state index contributed by atoms with van der Waals surface area (Å²) < 4.78 is 28.5. The van der Waals surface area contributed by atoms with Crippen molar-refractivity contribution < 1.29 is 13.5 Å². The van der Waals surface area contributed by atoms with Gasteiger partial charge in [-0.15, -0.1) is 10.2 Å². The van der Waals surface area contributed by atoms with E-state index in [2.05, 4.69) is 30.3 Å². The van der Waals surface area contributed by atoms with Gasteiger partial charge >= 0.3 is 6.61 Å². The van der Waals surface area contributed by atoms with E-state index in [1.165, 1.54) is 12.1 Å². The summed E-state index contributed by atoms with van der Waals surface area (Å²) in [6.45, 7) is -2.84. The first-order valence-electron chi connectivity index (χ1n) is 5.98. The third-order valence-electron chi connectivity index (χ3n) is 2.70. The first kappa shape index (κ1) is 13.1. The van der Waals surface area contributed by atoms with Crippen LogP contribution in [0.25, 0.3) is 22.8 Å². The van der Waals surface area contributed by atoms with Crippen LogP contribution in [0.4, 0.5) is 8.78 Å². The molecule has 0 radical (unpaired) electrons. The molecule has 0 unspecified atom stereocenters. The van der Waals surface area contributed by atoms with Crippen LogP contribution in [0.5, 0.6) is 5.75 Å². The minimum atomic E-state index is -2.84. The lowest BCUT2D eigenvalue weighted by Gasteiger charge is -2.06. The van der Waals surface area contributed by atoms with E-state index in [9.17, 15) is 8.78 Å². The van der Waals surface area contributed by atoms with Crippen LogP contribution in [-0.4, -0.2) is 32.2 Å². The van der Waals surface area contributed by atoms with E-state index < -0.39 is 6.61 Å². The summed E-state index contributed by atoms with van der Waals surface area (Å²) >= 11 is 0. The molecule has 3 aromatic rings. The van der Waals surface area contributed by atoms with Gasteiger partial charge in [0.2, 0.25) is 5.82 Å². The van der Waals surface area contributed by atoms with Gasteiger partial charge in [0.05, 0.1) is 5.69 Å². The number of rotatable bonds is 4. The molecule has 0 atom stereocenters. The Balaban J connectivity index is 1.88. The molecule has 106 valence electrons. The Labute approximate surface area is 117 Å². The number of hydrogen-bond acceptors (Lipinski definition) is 5. The SMILES string of the molecule is FC(F)Oc1ccc(-c2cccc(-c3nn[nH]n3)n2)cc1. The minimum Gasteiger partial charge on any atom is -0.435 e. The van der Waals surface area contributed by atoms with Crippen molar-refractivity contribution in [3.05, 3.63) is 42.5 Å². The second-order valence-corrected chi connectivity index (χ2v) is 4.05. The molecule has 0 aliphatic carbocycles. The molecular formula is C13H9F2N5O. The number of benzene rings is 1. The van der Waals surface area contributed by atoms with Gasteiger partial charge in [0.1, 0.15) is 11.4 Å². The Kier molecular flexibility index (Phi) is 3.50. The van der Waals surface area contributed by atoms with E-state index >= 15 is 0 Å². The number of aromatic nitrogens is 5. The molecule has 3 rings (SSSR count). The van der Waals surface area contributed by atoms with Crippen LogP contribution in [0.2, 0.25) is 0 Å². The number of nitrogens with one attached hydrogen (secondary N) is 1. The predicted octanol–water partition coefficient (Wildman–Crippen LogP) is 2.53. The number of hydrogen-bond donors (Lipinski definition) is 1. The predicted molar refractivity (Wildman–Crippen MR) is 69.5 cm³/mol. The largest absolute Gasteiger partial charge is 0.435 e. The van der Waals surface area contributed by atoms with E-state index in [-0.39, 0.29) is 5.75 Å². The third-order valence-corrected chi connectivity index (χ3v) is 2.70. The maximum atomic E-state index is 12.1. The first-order chi connectivity index (χ1) is 10.2. The maximum Gasteiger partial charge on any atom is 0.387 e. The topological polar surface area (TPSA) is 76.6 Å². The molecule has 0 amide bonds. The van der Waals surface area contributed by atoms with Gasteiger partial charge in [-0.2, -0.15) is 14.0 Å². The summed E-state index contributed by atoms with van der Waals surface area (Å²) in [5.74, 6) is 0.484. The summed E-state index contributed by atoms with van der Waals surface area (Å²) in [7, 11) is 0. The Hall–Kier alpha value is -2.90. The van der Waals surface area contributed by atoms with Crippen LogP contribution in [-0.2, 0) is 0 Å². The zero-order chi connectivity index (χ0) is 14.7. The number of pyridine rings is 1. The number of alkyl halides is 2. The van der Waals surface area contributed by atoms with Crippen LogP contribution >= 0.6 is 0 Å². The van der Waals surface area contributed by atoms with E-state index in [4.69, 9.17) is 0 Å². The van der Waals surface area contributed by atoms with Crippen LogP contribution in [0.1, 0.15) is 0 Å². The van der Waals surface area contributed by atoms with Crippen molar-refractivity contribution in [2.24, 2.45) is 0 Å². The normalized spacial score (nSPS) is 10.8. The highest BCUT2D eigenvalue weighted by molar-refractivity contribution is 5.63. The van der Waals surface area contributed by atoms with E-state index in [0.29, 0.717) is 17.2 Å². The van der Waals surface area contributed by atoms with Crippen molar-refractivity contribution in [3.8, 4) is 28.5 Å². The van der Waals surface area contributed by atoms with Crippen LogP contribution in [0, 0.1) is 0 Å². The maximum absolute atomic E-state index is 12.1. The van der Waals surface area contributed by atoms with Gasteiger partial charge in [-0.05, 0) is 41.6 Å². The van der Waals surface area contributed by atoms with Gasteiger partial charge < -0.3 is 4.74 Å². The molecule has 0 saturated carbocycles. The molecular weight excluding hydrogens is 280 g/mol. The van der Waals surface area contributed by atoms with Crippen molar-refractivity contribution in [3.63, 3.8) is 0 Å². The van der Waals surface area contributed by atoms with E-state index in [1.54, 1.807) is 30.3 Å². The van der Waals surface area contributed by atoms with Crippen LogP contribution in [0.3, 0.4) is 0 Å². The lowest BCUT2D eigenvalue weighted by Crippen LogP contribution is -2.01. The fraction of sp³-hybridized carbons (Fsp3) is 0.0769. The number of aromatic amines is 1. The molecule has 2 heterocycles. The summed E-state index contributed by atoms with van der Waals surface area (Å²) in [5, 5.41) is 13.5. The van der Waals surface area contributed by atoms with Gasteiger partial charge in [-0.3, -0.25) is 0 Å². The van der Waals surface area contributed by atoms with Gasteiger partial charge in [-0.25, -0.2) is 4.98 Å². The van der Waals surface area contributed by atoms with Crippen molar-refractivity contribution >= 4 is 0 Å². The summed E-state index contributed by atoms with van der Waals surface area (Å²) in [5.41, 5.74) is 2.00. The smallest absolute Gasteiger partial charge is 0.387 e. The third kappa shape index (κ3) is 2.99. The zero-order valence-electron chi connectivity index (χ0n) is 10.6. The van der Waals surface area contributed by atoms with Gasteiger partial charge in [-0.1, -0.05) is 6.07 Å². The van der Waals surface area contributed by atoms with Gasteiger partial charge in [0.15, 0.2) is 0 Å². The average molecular weight is 289 g/mol. The Morgan fingerprint density at radius 1 is 1.00 bits per heavy atom. The molecule has 0 aliphatic heterocycles. The highest BCUT2D eigenvalue weighted by Gasteiger charge is 2.08. The Morgan fingerprint density at radius 2 is 1.76 bits per heavy atom. The lowest BCUT2D eigenvalue weighted by molar-refractivity contribution is -0.0498. The molecule has 0 bridgehead atoms. The molecule has 6 nitrogen and oxygen atoms in total. The van der Waals surface area contributed by atoms with Gasteiger partial charge in [0, 0.05) is 5.56 Å². The second kappa shape index (κ2) is 5.61. The van der Waals surface area contributed by atoms with Crippen molar-refractivity contribution in [2.45, 2.75) is 6.61 Å². The molecule has 1 aromatic carbocycles. The molecule has 1 N–H and O–H groups in total. The molecule has 21 heavy (non-hydrogen) atoms. The average Bonchev–Trinajstić information content (AvgIpc) is 3.02. The van der Waals surface area contributed by atoms with E-state index in [0.717, 1.165) is 5.56 Å². The number of H-pyrrole nitrogens is 1. The molecule has 0 fully saturated rings. The summed E-state index contributed by atoms with van der Waals surface area (Å²) in [6.07, 6.45) is 0. The highest BCUT2D eigenvalue weighted by Crippen LogP contribution is 2.23. The Bertz CT molecular complexity index is 716. The quantitative estimate of drug-likeness (QED) is 0.798. The monoisotopic (exact) mass is 289 g/mol. The van der Waals surface area contributed by atoms with Crippen LogP contribution < -0.4 is 4.74 Å². The van der Waals surface area contributed by atoms with E-state index in [1.807, 2.05) is 0 Å². The van der Waals surface area contributed by atoms with Crippen LogP contribution in [0.15, 0.2) is 42.5 Å². The standard InChI is InChI=1S/C13H9F2N5O/c14-13(15)21-9-6-4-8(5-7-9)10-2-1-3-11(16-10)12-17-19-20-18-12/h1-7,13H,(H,17,18,19,20). The molecule has 2 aromatic heterocycles. The fourth-order valence-corrected chi connectivity index (χ4v) is 1.80. The molecule has 0 saturated heterocycles. The fourth-order valence-electron chi connectivity index (χ4n) is 1.80. The highest BCUT2D eigenvalue weighted by atomic mass is 19.3. The first-order valence-corrected chi connectivity index (χ1v) is 5.98. The van der Waals surface area contributed by atoms with Gasteiger partial charge in [0.25, 0.3) is 0 Å². The molecule has 0 aliphatic rings. The molecule has 0 spiro atoms. The van der Waals surface area contributed by atoms with Crippen molar-refractivity contribution in [1.82, 2.24) is 25.6 Å². The minimum absolute atomic E-state index is 0.100. The Morgan fingerprint density at radius 3 is 2.43 bits per heavy atom. The van der Waals surface area contributed by atoms with Crippen molar-refractivity contribution in [1.29, 1.82) is 0 Å². The summed E-state index contributed by atoms with van der Waals surface area (Å²) in [4.78, 5) is 4.40. The number of tetrazole rings is 1. The number of nitrogens with zero attached hydrogens (tertiary/aromatic N) is 4. The summed E-state index contributed by atoms with van der Waals surface area (Å²) in [6, 6.07) is 11.6. The second-order valence-electron chi connectivity index (χ2n) is 4.05.